The molecule has 3 aromatic heterocycles. The summed E-state index contributed by atoms with van der Waals surface area (Å²) in [6.45, 7) is 18.0. The number of fused-ring (bicyclic) bond motifs is 4. The first-order valence-electron chi connectivity index (χ1n) is 37.5. The monoisotopic (exact) mass is 1320 g/mol. The Hall–Kier alpha value is -8.67. The van der Waals surface area contributed by atoms with Crippen LogP contribution in [0.25, 0.3) is 72.3 Å². The van der Waals surface area contributed by atoms with E-state index in [1.54, 1.807) is 57.8 Å². The number of aromatic nitrogens is 4. The van der Waals surface area contributed by atoms with Gasteiger partial charge in [0.05, 0.1) is 44.1 Å². The summed E-state index contributed by atoms with van der Waals surface area (Å²) in [4.78, 5) is 4.85. The number of rotatable bonds is 11. The average molecular weight is 1320 g/mol. The van der Waals surface area contributed by atoms with E-state index >= 15 is 0 Å². The van der Waals surface area contributed by atoms with Gasteiger partial charge >= 0.3 is 0 Å². The van der Waals surface area contributed by atoms with Gasteiger partial charge in [-0.25, -0.2) is 4.98 Å². The number of benzene rings is 10. The number of nitrogens with zero attached hydrogens (tertiary/aromatic N) is 4. The molecule has 7 heteroatoms. The molecule has 0 spiro atoms. The van der Waals surface area contributed by atoms with Gasteiger partial charge < -0.3 is 13.9 Å². The average Bonchev–Trinajstić information content (AvgIpc) is 0.714. The van der Waals surface area contributed by atoms with Crippen molar-refractivity contribution in [2.45, 2.75) is 78.6 Å². The summed E-state index contributed by atoms with van der Waals surface area (Å²) in [6, 6.07) is 26.4. The van der Waals surface area contributed by atoms with E-state index in [-0.39, 0.29) is 82.3 Å². The summed E-state index contributed by atoms with van der Waals surface area (Å²) >= 11 is 0. The van der Waals surface area contributed by atoms with Crippen molar-refractivity contribution in [3.63, 3.8) is 0 Å². The summed E-state index contributed by atoms with van der Waals surface area (Å²) in [5, 5.41) is -0.492. The van der Waals surface area contributed by atoms with Crippen LogP contribution in [0.1, 0.15) is 106 Å². The molecule has 0 aliphatic heterocycles. The molecular weight excluding hydrogens is 1230 g/mol. The fourth-order valence-electron chi connectivity index (χ4n) is 11.0. The van der Waals surface area contributed by atoms with Crippen molar-refractivity contribution in [3.8, 4) is 50.9 Å². The van der Waals surface area contributed by atoms with Gasteiger partial charge in [-0.2, -0.15) is 18.2 Å². The third-order valence-corrected chi connectivity index (χ3v) is 19.5. The number of hydrogen-bond donors (Lipinski definition) is 0. The first-order chi connectivity index (χ1) is 48.8. The summed E-state index contributed by atoms with van der Waals surface area (Å²) in [5.74, 6) is 1.09. The van der Waals surface area contributed by atoms with Gasteiger partial charge in [-0.1, -0.05) is 255 Å². The Kier molecular flexibility index (Phi) is 9.90. The van der Waals surface area contributed by atoms with Crippen molar-refractivity contribution >= 4 is 61.7 Å². The van der Waals surface area contributed by atoms with E-state index in [1.165, 1.54) is 6.07 Å². The molecule has 0 saturated heterocycles. The second-order valence-corrected chi connectivity index (χ2v) is 27.4. The molecule has 85 heavy (non-hydrogen) atoms. The molecule has 0 aliphatic carbocycles. The zero-order valence-electron chi connectivity index (χ0n) is 68.1. The van der Waals surface area contributed by atoms with Crippen LogP contribution in [0.15, 0.2) is 248 Å². The number of pyridine rings is 1. The smallest absolute Gasteiger partial charge is 0.268 e. The minimum atomic E-state index is -6.04. The fourth-order valence-corrected chi connectivity index (χ4v) is 15.0. The molecule has 13 aromatic rings. The molecule has 10 aromatic carbocycles. The van der Waals surface area contributed by atoms with Crippen LogP contribution in [0, 0.1) is 18.5 Å². The van der Waals surface area contributed by atoms with Crippen LogP contribution < -0.4 is 30.1 Å². The zero-order valence-corrected chi connectivity index (χ0v) is 51.4. The van der Waals surface area contributed by atoms with Crippen molar-refractivity contribution in [1.82, 2.24) is 14.1 Å². The molecule has 0 bridgehead atoms. The van der Waals surface area contributed by atoms with Gasteiger partial charge in [0.1, 0.15) is 5.82 Å². The largest absolute Gasteiger partial charge is 0.510 e. The minimum Gasteiger partial charge on any atom is -0.510 e. The van der Waals surface area contributed by atoms with E-state index in [2.05, 4.69) is 45.3 Å². The normalized spacial score (nSPS) is 15.5. The van der Waals surface area contributed by atoms with Crippen molar-refractivity contribution < 1.29 is 57.8 Å². The standard InChI is InChI=1S/C78H68N4OSi.Pt/c1-76(2,3)57-29-24-28-56(46-57)68-48-59(78(7,8)9)49-73(84(63-32-16-11-17-33-63,64-34-18-12-19-35-64)65-36-20-13-21-37-65)75(68)81-53-80(72-47-55(40-43-70(72)81)54-26-14-10-15-27-54)60-30-25-31-61(51-60)83-62-41-42-67-66-38-22-23-39-69(66)82(71(67)52-62)74-50-58(44-45-79-74)77(4,5)6;/h10-50H,1-9H3;/q-2;/i10D,11D,12D,13D,14D,15D,16D,17D,18D,19D,20D,21D,26D,27D,32D,33D,34D,35D,36D,37D;. The fraction of sp³-hybridized carbons (Fsp3) is 0.154. The van der Waals surface area contributed by atoms with Gasteiger partial charge in [0.15, 0.2) is 8.07 Å². The first-order valence-corrected chi connectivity index (χ1v) is 29.5. The Morgan fingerprint density at radius 1 is 0.494 bits per heavy atom. The Morgan fingerprint density at radius 2 is 1.09 bits per heavy atom. The molecule has 0 unspecified atom stereocenters. The number of imidazole rings is 1. The molecule has 13 rings (SSSR count). The molecule has 0 radical (unpaired) electrons. The number of ether oxygens (including phenoxy) is 1. The molecule has 0 aliphatic rings. The molecule has 3 heterocycles. The van der Waals surface area contributed by atoms with E-state index in [9.17, 15) is 19.2 Å². The molecule has 422 valence electrons. The third kappa shape index (κ3) is 10.5. The van der Waals surface area contributed by atoms with Gasteiger partial charge in [0.2, 0.25) is 0 Å². The molecule has 0 fully saturated rings. The van der Waals surface area contributed by atoms with Gasteiger partial charge in [-0.3, -0.25) is 4.57 Å². The quantitative estimate of drug-likeness (QED) is 0.0560. The van der Waals surface area contributed by atoms with E-state index < -0.39 is 155 Å². The molecule has 0 amide bonds. The maximum absolute atomic E-state index is 10.2. The summed E-state index contributed by atoms with van der Waals surface area (Å²) in [7, 11) is -6.04. The second kappa shape index (κ2) is 22.4. The molecule has 0 saturated carbocycles. The third-order valence-electron chi connectivity index (χ3n) is 15.3. The van der Waals surface area contributed by atoms with Crippen molar-refractivity contribution in [2.75, 3.05) is 0 Å². The van der Waals surface area contributed by atoms with Crippen LogP contribution in [0.2, 0.25) is 0 Å². The predicted octanol–water partition coefficient (Wildman–Crippen LogP) is 16.2. The van der Waals surface area contributed by atoms with Crippen LogP contribution in [0.3, 0.4) is 0 Å². The minimum absolute atomic E-state index is 0. The van der Waals surface area contributed by atoms with Crippen LogP contribution in [-0.4, -0.2) is 22.2 Å². The summed E-state index contributed by atoms with van der Waals surface area (Å²) in [6.07, 6.45) is 5.34. The Balaban J connectivity index is 0.0000104. The summed E-state index contributed by atoms with van der Waals surface area (Å²) < 4.78 is 202. The van der Waals surface area contributed by atoms with Crippen LogP contribution >= 0.6 is 0 Å². The molecule has 5 nitrogen and oxygen atoms in total. The molecule has 0 N–H and O–H groups in total. The van der Waals surface area contributed by atoms with Crippen LogP contribution in [0.5, 0.6) is 11.5 Å². The van der Waals surface area contributed by atoms with E-state index in [1.807, 2.05) is 113 Å². The second-order valence-electron chi connectivity index (χ2n) is 23.8. The Morgan fingerprint density at radius 3 is 1.74 bits per heavy atom. The van der Waals surface area contributed by atoms with E-state index in [0.29, 0.717) is 22.5 Å². The maximum atomic E-state index is 10.2. The first kappa shape index (κ1) is 37.6. The van der Waals surface area contributed by atoms with Crippen molar-refractivity contribution in [1.29, 1.82) is 0 Å². The Bertz CT molecular complexity index is 5550. The van der Waals surface area contributed by atoms with Crippen molar-refractivity contribution in [3.05, 3.63) is 284 Å². The maximum Gasteiger partial charge on any atom is 0.268 e. The van der Waals surface area contributed by atoms with E-state index in [4.69, 9.17) is 17.9 Å². The van der Waals surface area contributed by atoms with Crippen molar-refractivity contribution in [2.24, 2.45) is 0 Å². The summed E-state index contributed by atoms with van der Waals surface area (Å²) in [5.41, 5.74) is 3.38. The SMILES string of the molecule is [2H]c1c([2H])c([2H])c(-c2ccc3c(c2)n(-c2[c-]c(Oc4[c-]c5c(cc4)c4ccccc4n5-c4cc(C(C)(C)C)ccn4)ccc2)[c-][n+]3-c2c(-c3cccc(C(C)(C)C)c3)cc(C(C)(C)C)cc2[Si](c2c([2H])c([2H])c([2H])c([2H])c2[2H])(c2c([2H])c([2H])c([2H])c([2H])c2[2H])c2c([2H])c([2H])c([2H])c([2H])c2[2H])c([2H])c1[2H].[Pt]. The van der Waals surface area contributed by atoms with Crippen LogP contribution in [0.4, 0.5) is 0 Å². The van der Waals surface area contributed by atoms with Crippen LogP contribution in [-0.2, 0) is 37.3 Å². The van der Waals surface area contributed by atoms with E-state index in [0.717, 1.165) is 27.4 Å². The van der Waals surface area contributed by atoms with Gasteiger partial charge in [0.25, 0.3) is 6.33 Å². The zero-order chi connectivity index (χ0) is 75.4. The predicted molar refractivity (Wildman–Crippen MR) is 351 cm³/mol. The number of para-hydroxylation sites is 1. The van der Waals surface area contributed by atoms with Gasteiger partial charge in [-0.15, -0.1) is 29.7 Å². The molecular formula is C78H68N4OPtSi-2. The number of hydrogen-bond acceptors (Lipinski definition) is 2. The molecule has 0 atom stereocenters. The van der Waals surface area contributed by atoms with Gasteiger partial charge in [-0.05, 0) is 111 Å². The topological polar surface area (TPSA) is 35.9 Å². The van der Waals surface area contributed by atoms with Gasteiger partial charge in [0, 0.05) is 44.3 Å². The Labute approximate surface area is 544 Å².